The lowest BCUT2D eigenvalue weighted by molar-refractivity contribution is 1.12. The second-order valence-corrected chi connectivity index (χ2v) is 3.50. The second-order valence-electron chi connectivity index (χ2n) is 2.64. The quantitative estimate of drug-likeness (QED) is 0.733. The molecule has 1 rings (SSSR count). The zero-order chi connectivity index (χ0) is 9.14. The number of rotatable bonds is 1. The Morgan fingerprint density at radius 1 is 1.42 bits per heavy atom. The van der Waals surface area contributed by atoms with E-state index in [4.69, 9.17) is 5.26 Å². The molecule has 0 saturated carbocycles. The van der Waals surface area contributed by atoms with Crippen LogP contribution in [0, 0.1) is 11.3 Å². The highest BCUT2D eigenvalue weighted by atomic mass is 79.9. The van der Waals surface area contributed by atoms with Gasteiger partial charge < -0.3 is 4.90 Å². The second kappa shape index (κ2) is 3.59. The van der Waals surface area contributed by atoms with Gasteiger partial charge in [-0.25, -0.2) is 0 Å². The van der Waals surface area contributed by atoms with E-state index in [1.54, 1.807) is 6.07 Å². The van der Waals surface area contributed by atoms with Gasteiger partial charge in [-0.05, 0) is 28.1 Å². The highest BCUT2D eigenvalue weighted by molar-refractivity contribution is 9.10. The summed E-state index contributed by atoms with van der Waals surface area (Å²) in [6.45, 7) is 0. The summed E-state index contributed by atoms with van der Waals surface area (Å²) in [6.07, 6.45) is 0. The first-order valence-electron chi connectivity index (χ1n) is 3.52. The summed E-state index contributed by atoms with van der Waals surface area (Å²) >= 11 is 3.40. The van der Waals surface area contributed by atoms with E-state index in [2.05, 4.69) is 22.0 Å². The molecule has 0 N–H and O–H groups in total. The van der Waals surface area contributed by atoms with E-state index in [9.17, 15) is 0 Å². The molecule has 0 fully saturated rings. The topological polar surface area (TPSA) is 27.0 Å². The molecule has 62 valence electrons. The Bertz CT molecular complexity index is 326. The molecule has 0 heterocycles. The summed E-state index contributed by atoms with van der Waals surface area (Å²) in [4.78, 5) is 1.92. The van der Waals surface area contributed by atoms with Gasteiger partial charge in [0, 0.05) is 18.6 Å². The average Bonchev–Trinajstić information content (AvgIpc) is 2.03. The molecule has 12 heavy (non-hydrogen) atoms. The summed E-state index contributed by atoms with van der Waals surface area (Å²) in [5.74, 6) is 0. The van der Waals surface area contributed by atoms with Crippen LogP contribution in [0.4, 0.5) is 5.69 Å². The van der Waals surface area contributed by atoms with Gasteiger partial charge in [0.25, 0.3) is 0 Å². The monoisotopic (exact) mass is 224 g/mol. The Morgan fingerprint density at radius 2 is 2.08 bits per heavy atom. The lowest BCUT2D eigenvalue weighted by Gasteiger charge is -2.15. The first-order chi connectivity index (χ1) is 5.66. The zero-order valence-corrected chi connectivity index (χ0v) is 8.59. The Hall–Kier alpha value is -1.01. The van der Waals surface area contributed by atoms with Crippen molar-refractivity contribution < 1.29 is 0 Å². The Morgan fingerprint density at radius 3 is 2.50 bits per heavy atom. The molecule has 3 heteroatoms. The van der Waals surface area contributed by atoms with Gasteiger partial charge in [-0.1, -0.05) is 6.07 Å². The maximum absolute atomic E-state index is 8.79. The molecule has 0 aliphatic heterocycles. The summed E-state index contributed by atoms with van der Waals surface area (Å²) < 4.78 is 0.951. The number of halogens is 1. The van der Waals surface area contributed by atoms with Crippen molar-refractivity contribution in [1.82, 2.24) is 0 Å². The fraction of sp³-hybridized carbons (Fsp3) is 0.222. The maximum Gasteiger partial charge on any atom is 0.101 e. The van der Waals surface area contributed by atoms with Gasteiger partial charge in [-0.3, -0.25) is 0 Å². The molecule has 0 aliphatic rings. The van der Waals surface area contributed by atoms with Crippen LogP contribution in [0.25, 0.3) is 0 Å². The van der Waals surface area contributed by atoms with Gasteiger partial charge in [0.2, 0.25) is 0 Å². The maximum atomic E-state index is 8.79. The van der Waals surface area contributed by atoms with E-state index >= 15 is 0 Å². The Kier molecular flexibility index (Phi) is 2.72. The van der Waals surface area contributed by atoms with Crippen LogP contribution in [-0.4, -0.2) is 14.1 Å². The van der Waals surface area contributed by atoms with E-state index in [0.29, 0.717) is 5.56 Å². The van der Waals surface area contributed by atoms with E-state index < -0.39 is 0 Å². The van der Waals surface area contributed by atoms with Crippen molar-refractivity contribution in [1.29, 1.82) is 5.26 Å². The Balaban J connectivity index is 3.32. The molecule has 1 aromatic rings. The number of anilines is 1. The summed E-state index contributed by atoms with van der Waals surface area (Å²) in [7, 11) is 3.84. The minimum absolute atomic E-state index is 0.689. The van der Waals surface area contributed by atoms with E-state index in [-0.39, 0.29) is 0 Å². The van der Waals surface area contributed by atoms with Crippen molar-refractivity contribution >= 4 is 21.6 Å². The summed E-state index contributed by atoms with van der Waals surface area (Å²) in [6, 6.07) is 7.74. The Labute approximate surface area is 80.5 Å². The molecule has 0 aromatic heterocycles. The van der Waals surface area contributed by atoms with Crippen molar-refractivity contribution in [2.75, 3.05) is 19.0 Å². The molecular formula is C9H9BrN2. The molecule has 0 atom stereocenters. The lowest BCUT2D eigenvalue weighted by atomic mass is 10.2. The molecule has 0 aliphatic carbocycles. The van der Waals surface area contributed by atoms with Gasteiger partial charge in [0.05, 0.1) is 11.3 Å². The predicted molar refractivity (Wildman–Crippen MR) is 53.2 cm³/mol. The average molecular weight is 225 g/mol. The van der Waals surface area contributed by atoms with Gasteiger partial charge in [-0.2, -0.15) is 5.26 Å². The van der Waals surface area contributed by atoms with Crippen LogP contribution in [0.15, 0.2) is 22.7 Å². The molecule has 0 spiro atoms. The standard InChI is InChI=1S/C9H9BrN2/c1-12(2)9-7(6-11)4-3-5-8(9)10/h3-5H,1-2H3. The normalized spacial score (nSPS) is 9.17. The number of hydrogen-bond donors (Lipinski definition) is 0. The van der Waals surface area contributed by atoms with E-state index in [1.807, 2.05) is 31.1 Å². The van der Waals surface area contributed by atoms with Crippen molar-refractivity contribution in [3.63, 3.8) is 0 Å². The van der Waals surface area contributed by atoms with Gasteiger partial charge in [-0.15, -0.1) is 0 Å². The SMILES string of the molecule is CN(C)c1c(Br)cccc1C#N. The largest absolute Gasteiger partial charge is 0.376 e. The fourth-order valence-electron chi connectivity index (χ4n) is 1.06. The minimum atomic E-state index is 0.689. The molecule has 1 aromatic carbocycles. The molecule has 0 radical (unpaired) electrons. The highest BCUT2D eigenvalue weighted by Gasteiger charge is 2.06. The lowest BCUT2D eigenvalue weighted by Crippen LogP contribution is -2.10. The van der Waals surface area contributed by atoms with E-state index in [0.717, 1.165) is 10.2 Å². The third-order valence-corrected chi connectivity index (χ3v) is 2.19. The fourth-order valence-corrected chi connectivity index (χ4v) is 1.78. The zero-order valence-electron chi connectivity index (χ0n) is 7.00. The molecule has 0 unspecified atom stereocenters. The molecule has 0 amide bonds. The van der Waals surface area contributed by atoms with Crippen LogP contribution in [-0.2, 0) is 0 Å². The van der Waals surface area contributed by atoms with Crippen LogP contribution in [0.1, 0.15) is 5.56 Å². The van der Waals surface area contributed by atoms with Crippen LogP contribution in [0.3, 0.4) is 0 Å². The first-order valence-corrected chi connectivity index (χ1v) is 4.32. The number of nitriles is 1. The minimum Gasteiger partial charge on any atom is -0.376 e. The third kappa shape index (κ3) is 1.59. The number of benzene rings is 1. The van der Waals surface area contributed by atoms with Crippen LogP contribution >= 0.6 is 15.9 Å². The summed E-state index contributed by atoms with van der Waals surface area (Å²) in [5.41, 5.74) is 1.62. The molecule has 0 saturated heterocycles. The van der Waals surface area contributed by atoms with Crippen LogP contribution < -0.4 is 4.90 Å². The highest BCUT2D eigenvalue weighted by Crippen LogP contribution is 2.27. The molecule has 0 bridgehead atoms. The van der Waals surface area contributed by atoms with Crippen molar-refractivity contribution in [2.45, 2.75) is 0 Å². The molecular weight excluding hydrogens is 216 g/mol. The van der Waals surface area contributed by atoms with Gasteiger partial charge in [0.1, 0.15) is 6.07 Å². The first kappa shape index (κ1) is 9.08. The van der Waals surface area contributed by atoms with E-state index in [1.165, 1.54) is 0 Å². The van der Waals surface area contributed by atoms with Crippen LogP contribution in [0.5, 0.6) is 0 Å². The third-order valence-electron chi connectivity index (χ3n) is 1.55. The predicted octanol–water partition coefficient (Wildman–Crippen LogP) is 2.39. The van der Waals surface area contributed by atoms with Crippen molar-refractivity contribution in [2.24, 2.45) is 0 Å². The van der Waals surface area contributed by atoms with Gasteiger partial charge in [0.15, 0.2) is 0 Å². The molecule has 2 nitrogen and oxygen atoms in total. The number of hydrogen-bond acceptors (Lipinski definition) is 2. The number of nitrogens with zero attached hydrogens (tertiary/aromatic N) is 2. The summed E-state index contributed by atoms with van der Waals surface area (Å²) in [5, 5.41) is 8.79. The van der Waals surface area contributed by atoms with Crippen molar-refractivity contribution in [3.8, 4) is 6.07 Å². The smallest absolute Gasteiger partial charge is 0.101 e. The number of para-hydroxylation sites is 1. The van der Waals surface area contributed by atoms with Crippen molar-refractivity contribution in [3.05, 3.63) is 28.2 Å². The van der Waals surface area contributed by atoms with Crippen LogP contribution in [0.2, 0.25) is 0 Å². The van der Waals surface area contributed by atoms with Gasteiger partial charge >= 0.3 is 0 Å².